The van der Waals surface area contributed by atoms with E-state index in [0.29, 0.717) is 5.69 Å². The predicted molar refractivity (Wildman–Crippen MR) is 77.4 cm³/mol. The lowest BCUT2D eigenvalue weighted by Crippen LogP contribution is -2.47. The SMILES string of the molecule is Cc1ccc(S(=O)(=O)NC2(C)CCCCC2)c(N)c1. The number of nitrogens with one attached hydrogen (secondary N) is 1. The molecule has 0 aliphatic heterocycles. The second-order valence-electron chi connectivity index (χ2n) is 5.77. The fourth-order valence-electron chi connectivity index (χ4n) is 2.73. The Kier molecular flexibility index (Phi) is 3.87. The van der Waals surface area contributed by atoms with Gasteiger partial charge in [-0.3, -0.25) is 0 Å². The van der Waals surface area contributed by atoms with Crippen molar-refractivity contribution >= 4 is 15.7 Å². The standard InChI is InChI=1S/C14H22N2O2S/c1-11-6-7-13(12(15)10-11)19(17,18)16-14(2)8-4-3-5-9-14/h6-7,10,16H,3-5,8-9,15H2,1-2H3. The molecule has 0 aromatic heterocycles. The molecule has 0 unspecified atom stereocenters. The van der Waals surface area contributed by atoms with Crippen LogP contribution in [0.25, 0.3) is 0 Å². The number of nitrogens with two attached hydrogens (primary N) is 1. The maximum Gasteiger partial charge on any atom is 0.243 e. The average Bonchev–Trinajstić information content (AvgIpc) is 2.27. The zero-order chi connectivity index (χ0) is 14.1. The van der Waals surface area contributed by atoms with Gasteiger partial charge in [0, 0.05) is 5.54 Å². The van der Waals surface area contributed by atoms with Gasteiger partial charge in [0.15, 0.2) is 0 Å². The Morgan fingerprint density at radius 2 is 1.84 bits per heavy atom. The van der Waals surface area contributed by atoms with Gasteiger partial charge in [-0.2, -0.15) is 0 Å². The number of hydrogen-bond donors (Lipinski definition) is 2. The fourth-order valence-corrected chi connectivity index (χ4v) is 4.31. The molecule has 0 heterocycles. The van der Waals surface area contributed by atoms with Crippen LogP contribution in [0.15, 0.2) is 23.1 Å². The highest BCUT2D eigenvalue weighted by Gasteiger charge is 2.32. The second-order valence-corrected chi connectivity index (χ2v) is 7.42. The van der Waals surface area contributed by atoms with Crippen molar-refractivity contribution < 1.29 is 8.42 Å². The summed E-state index contributed by atoms with van der Waals surface area (Å²) in [5, 5.41) is 0. The molecule has 0 atom stereocenters. The minimum absolute atomic E-state index is 0.185. The first kappa shape index (κ1) is 14.3. The van der Waals surface area contributed by atoms with Crippen LogP contribution in [0.2, 0.25) is 0 Å². The molecular formula is C14H22N2O2S. The van der Waals surface area contributed by atoms with Crippen LogP contribution in [0, 0.1) is 6.92 Å². The van der Waals surface area contributed by atoms with Gasteiger partial charge in [-0.1, -0.05) is 25.3 Å². The number of aryl methyl sites for hydroxylation is 1. The third kappa shape index (κ3) is 3.28. The Bertz CT molecular complexity index is 561. The van der Waals surface area contributed by atoms with Crippen LogP contribution in [0.4, 0.5) is 5.69 Å². The van der Waals surface area contributed by atoms with E-state index in [1.165, 1.54) is 6.42 Å². The van der Waals surface area contributed by atoms with Gasteiger partial charge in [-0.15, -0.1) is 0 Å². The van der Waals surface area contributed by atoms with E-state index in [-0.39, 0.29) is 10.4 Å². The molecule has 0 radical (unpaired) electrons. The van der Waals surface area contributed by atoms with Gasteiger partial charge in [0.25, 0.3) is 0 Å². The number of nitrogen functional groups attached to an aromatic ring is 1. The van der Waals surface area contributed by atoms with Gasteiger partial charge in [-0.25, -0.2) is 13.1 Å². The highest BCUT2D eigenvalue weighted by atomic mass is 32.2. The molecule has 1 aliphatic rings. The Morgan fingerprint density at radius 1 is 1.21 bits per heavy atom. The molecule has 2 rings (SSSR count). The normalized spacial score (nSPS) is 19.3. The van der Waals surface area contributed by atoms with Gasteiger partial charge in [0.2, 0.25) is 10.0 Å². The predicted octanol–water partition coefficient (Wildman–Crippen LogP) is 2.58. The molecule has 5 heteroatoms. The van der Waals surface area contributed by atoms with Gasteiger partial charge < -0.3 is 5.73 Å². The van der Waals surface area contributed by atoms with E-state index in [0.717, 1.165) is 31.2 Å². The molecule has 1 aliphatic carbocycles. The van der Waals surface area contributed by atoms with Crippen LogP contribution < -0.4 is 10.5 Å². The Balaban J connectivity index is 2.27. The maximum atomic E-state index is 12.4. The summed E-state index contributed by atoms with van der Waals surface area (Å²) in [4.78, 5) is 0.185. The van der Waals surface area contributed by atoms with Crippen molar-refractivity contribution in [2.24, 2.45) is 0 Å². The molecule has 0 spiro atoms. The summed E-state index contributed by atoms with van der Waals surface area (Å²) in [6, 6.07) is 5.05. The molecule has 106 valence electrons. The quantitative estimate of drug-likeness (QED) is 0.837. The van der Waals surface area contributed by atoms with Gasteiger partial charge in [0.05, 0.1) is 5.69 Å². The minimum atomic E-state index is -3.54. The molecule has 1 aromatic rings. The Hall–Kier alpha value is -1.07. The highest BCUT2D eigenvalue weighted by Crippen LogP contribution is 2.30. The van der Waals surface area contributed by atoms with E-state index in [2.05, 4.69) is 4.72 Å². The van der Waals surface area contributed by atoms with Crippen molar-refractivity contribution in [1.29, 1.82) is 0 Å². The van der Waals surface area contributed by atoms with E-state index in [9.17, 15) is 8.42 Å². The van der Waals surface area contributed by atoms with Crippen LogP contribution in [0.1, 0.15) is 44.6 Å². The highest BCUT2D eigenvalue weighted by molar-refractivity contribution is 7.89. The smallest absolute Gasteiger partial charge is 0.243 e. The van der Waals surface area contributed by atoms with Crippen LogP contribution >= 0.6 is 0 Å². The van der Waals surface area contributed by atoms with Crippen molar-refractivity contribution in [2.45, 2.75) is 56.4 Å². The van der Waals surface area contributed by atoms with Gasteiger partial charge in [0.1, 0.15) is 4.90 Å². The molecular weight excluding hydrogens is 260 g/mol. The number of rotatable bonds is 3. The van der Waals surface area contributed by atoms with Gasteiger partial charge in [-0.05, 0) is 44.4 Å². The van der Waals surface area contributed by atoms with Crippen molar-refractivity contribution in [3.05, 3.63) is 23.8 Å². The number of hydrogen-bond acceptors (Lipinski definition) is 3. The van der Waals surface area contributed by atoms with E-state index in [1.807, 2.05) is 13.8 Å². The molecule has 0 saturated heterocycles. The van der Waals surface area contributed by atoms with E-state index >= 15 is 0 Å². The summed E-state index contributed by atoms with van der Waals surface area (Å²) in [6.45, 7) is 3.87. The van der Waals surface area contributed by atoms with E-state index in [1.54, 1.807) is 18.2 Å². The second kappa shape index (κ2) is 5.13. The van der Waals surface area contributed by atoms with Crippen molar-refractivity contribution in [3.63, 3.8) is 0 Å². The molecule has 4 nitrogen and oxygen atoms in total. The number of anilines is 1. The molecule has 19 heavy (non-hydrogen) atoms. The number of benzene rings is 1. The lowest BCUT2D eigenvalue weighted by molar-refractivity contribution is 0.294. The molecule has 0 bridgehead atoms. The van der Waals surface area contributed by atoms with Gasteiger partial charge >= 0.3 is 0 Å². The molecule has 1 aromatic carbocycles. The first-order chi connectivity index (χ1) is 8.82. The van der Waals surface area contributed by atoms with Crippen LogP contribution in [0.5, 0.6) is 0 Å². The lowest BCUT2D eigenvalue weighted by Gasteiger charge is -2.34. The van der Waals surface area contributed by atoms with E-state index < -0.39 is 10.0 Å². The Labute approximate surface area is 115 Å². The van der Waals surface area contributed by atoms with E-state index in [4.69, 9.17) is 5.73 Å². The molecule has 0 amide bonds. The van der Waals surface area contributed by atoms with Crippen LogP contribution in [0.3, 0.4) is 0 Å². The lowest BCUT2D eigenvalue weighted by atomic mass is 9.84. The zero-order valence-corrected chi connectivity index (χ0v) is 12.4. The van der Waals surface area contributed by atoms with Crippen molar-refractivity contribution in [2.75, 3.05) is 5.73 Å². The van der Waals surface area contributed by atoms with Crippen molar-refractivity contribution in [3.8, 4) is 0 Å². The monoisotopic (exact) mass is 282 g/mol. The van der Waals surface area contributed by atoms with Crippen molar-refractivity contribution in [1.82, 2.24) is 4.72 Å². The minimum Gasteiger partial charge on any atom is -0.398 e. The Morgan fingerprint density at radius 3 is 2.42 bits per heavy atom. The summed E-state index contributed by atoms with van der Waals surface area (Å²) >= 11 is 0. The first-order valence-corrected chi connectivity index (χ1v) is 8.21. The number of sulfonamides is 1. The third-order valence-electron chi connectivity index (χ3n) is 3.79. The first-order valence-electron chi connectivity index (χ1n) is 6.73. The molecule has 1 saturated carbocycles. The summed E-state index contributed by atoms with van der Waals surface area (Å²) in [5.74, 6) is 0. The summed E-state index contributed by atoms with van der Waals surface area (Å²) in [7, 11) is -3.54. The summed E-state index contributed by atoms with van der Waals surface area (Å²) < 4.78 is 27.7. The van der Waals surface area contributed by atoms with Crippen LogP contribution in [-0.2, 0) is 10.0 Å². The fraction of sp³-hybridized carbons (Fsp3) is 0.571. The van der Waals surface area contributed by atoms with Crippen LogP contribution in [-0.4, -0.2) is 14.0 Å². The third-order valence-corrected chi connectivity index (χ3v) is 5.51. The molecule has 1 fully saturated rings. The maximum absolute atomic E-state index is 12.4. The topological polar surface area (TPSA) is 72.2 Å². The average molecular weight is 282 g/mol. The molecule has 3 N–H and O–H groups in total. The summed E-state index contributed by atoms with van der Waals surface area (Å²) in [6.07, 6.45) is 5.10. The zero-order valence-electron chi connectivity index (χ0n) is 11.6. The summed E-state index contributed by atoms with van der Waals surface area (Å²) in [5.41, 5.74) is 6.77. The largest absolute Gasteiger partial charge is 0.398 e.